The van der Waals surface area contributed by atoms with E-state index in [0.717, 1.165) is 56.0 Å². The van der Waals surface area contributed by atoms with E-state index in [1.807, 2.05) is 24.3 Å². The van der Waals surface area contributed by atoms with Crippen LogP contribution < -0.4 is 28.4 Å². The molecule has 2 fully saturated rings. The molecule has 4 bridgehead atoms. The van der Waals surface area contributed by atoms with Crippen molar-refractivity contribution in [2.24, 2.45) is 11.8 Å². The number of non-ortho nitro benzene ring substituents is 2. The molecule has 2 spiro atoms. The third-order valence-electron chi connectivity index (χ3n) is 15.4. The zero-order valence-corrected chi connectivity index (χ0v) is 38.8. The lowest BCUT2D eigenvalue weighted by atomic mass is 9.53. The van der Waals surface area contributed by atoms with Gasteiger partial charge in [-0.05, 0) is 106 Å². The highest BCUT2D eigenvalue weighted by atomic mass is 35.5. The first-order chi connectivity index (χ1) is 33.2. The molecular formula is C50H49ClN4O14. The second-order valence-electron chi connectivity index (χ2n) is 18.5. The number of methoxy groups -OCH3 is 2. The van der Waals surface area contributed by atoms with E-state index in [0.29, 0.717) is 23.8 Å². The maximum Gasteiger partial charge on any atom is 0.514 e. The molecule has 4 aliphatic carbocycles. The van der Waals surface area contributed by atoms with Crippen LogP contribution in [0.2, 0.25) is 0 Å². The second kappa shape index (κ2) is 17.7. The number of hydrogen-bond acceptors (Lipinski definition) is 16. The lowest BCUT2D eigenvalue weighted by molar-refractivity contribution is -0.385. The van der Waals surface area contributed by atoms with E-state index >= 15 is 0 Å². The summed E-state index contributed by atoms with van der Waals surface area (Å²) in [6.07, 6.45) is 9.50. The number of carbonyl (C=O) groups excluding carboxylic acids is 2. The monoisotopic (exact) mass is 964 g/mol. The Kier molecular flexibility index (Phi) is 11.8. The van der Waals surface area contributed by atoms with Crippen molar-refractivity contribution in [2.45, 2.75) is 73.0 Å². The zero-order valence-electron chi connectivity index (χ0n) is 38.0. The fraction of sp³-hybridized carbons (Fsp3) is 0.400. The summed E-state index contributed by atoms with van der Waals surface area (Å²) in [5.74, 6) is 4.10. The number of likely N-dealkylation sites (N-methyl/N-ethyl adjacent to an activating group) is 2. The highest BCUT2D eigenvalue weighted by molar-refractivity contribution is 6.61. The molecular weight excluding hydrogens is 916 g/mol. The summed E-state index contributed by atoms with van der Waals surface area (Å²) in [5, 5.41) is 31.6. The molecule has 4 aromatic carbocycles. The van der Waals surface area contributed by atoms with E-state index in [-0.39, 0.29) is 45.7 Å². The number of likely N-dealkylation sites (tertiary alicyclic amines) is 2. The van der Waals surface area contributed by atoms with Crippen LogP contribution in [0, 0.1) is 32.1 Å². The summed E-state index contributed by atoms with van der Waals surface area (Å²) in [6, 6.07) is 19.4. The van der Waals surface area contributed by atoms with Crippen LogP contribution in [-0.4, -0.2) is 114 Å². The number of nitrogens with zero attached hydrogens (tertiary/aromatic N) is 4. The van der Waals surface area contributed by atoms with Crippen LogP contribution in [0.15, 0.2) is 97.1 Å². The van der Waals surface area contributed by atoms with Crippen molar-refractivity contribution in [3.63, 3.8) is 0 Å². The molecule has 4 aromatic rings. The fourth-order valence-corrected chi connectivity index (χ4v) is 12.5. The first-order valence-electron chi connectivity index (χ1n) is 22.6. The molecule has 8 aliphatic rings. The summed E-state index contributed by atoms with van der Waals surface area (Å²) in [4.78, 5) is 47.8. The first-order valence-corrected chi connectivity index (χ1v) is 23.0. The predicted molar refractivity (Wildman–Crippen MR) is 248 cm³/mol. The van der Waals surface area contributed by atoms with Crippen LogP contribution in [0.25, 0.3) is 0 Å². The maximum atomic E-state index is 12.7. The van der Waals surface area contributed by atoms with Gasteiger partial charge in [-0.3, -0.25) is 20.2 Å². The normalized spacial score (nSPS) is 29.7. The van der Waals surface area contributed by atoms with Crippen molar-refractivity contribution in [1.29, 1.82) is 0 Å². The molecule has 10 atom stereocenters. The van der Waals surface area contributed by atoms with Gasteiger partial charge in [0, 0.05) is 81.7 Å². The third-order valence-corrected chi connectivity index (χ3v) is 15.5. The number of hydrogen-bond donors (Lipinski definition) is 1. The minimum Gasteiger partial charge on any atom is -0.493 e. The second-order valence-corrected chi connectivity index (χ2v) is 18.8. The lowest BCUT2D eigenvalue weighted by Crippen LogP contribution is -2.65. The molecule has 1 N–H and O–H groups in total. The maximum absolute atomic E-state index is 12.7. The number of benzene rings is 4. The van der Waals surface area contributed by atoms with Gasteiger partial charge in [-0.25, -0.2) is 9.59 Å². The number of aliphatic hydroxyl groups excluding tert-OH is 1. The van der Waals surface area contributed by atoms with Crippen molar-refractivity contribution in [3.05, 3.63) is 140 Å². The van der Waals surface area contributed by atoms with Crippen molar-refractivity contribution < 1.29 is 57.7 Å². The van der Waals surface area contributed by atoms with Gasteiger partial charge in [0.2, 0.25) is 0 Å². The molecule has 4 heterocycles. The van der Waals surface area contributed by atoms with Crippen LogP contribution in [0.5, 0.6) is 34.5 Å². The van der Waals surface area contributed by atoms with Gasteiger partial charge in [0.25, 0.3) is 11.4 Å². The molecule has 4 aliphatic heterocycles. The smallest absolute Gasteiger partial charge is 0.493 e. The molecule has 0 saturated carbocycles. The first kappa shape index (κ1) is 46.0. The Morgan fingerprint density at radius 1 is 0.681 bits per heavy atom. The van der Waals surface area contributed by atoms with Crippen LogP contribution in [-0.2, 0) is 28.4 Å². The average Bonchev–Trinajstić information content (AvgIpc) is 3.88. The molecule has 12 rings (SSSR count). The summed E-state index contributed by atoms with van der Waals surface area (Å²) in [7, 11) is 7.70. The van der Waals surface area contributed by atoms with E-state index in [1.165, 1.54) is 70.8 Å². The van der Waals surface area contributed by atoms with Crippen LogP contribution in [0.4, 0.5) is 21.0 Å². The number of rotatable bonds is 7. The molecule has 69 heavy (non-hydrogen) atoms. The fourth-order valence-electron chi connectivity index (χ4n) is 12.5. The Morgan fingerprint density at radius 2 is 1.14 bits per heavy atom. The van der Waals surface area contributed by atoms with E-state index in [2.05, 4.69) is 52.9 Å². The van der Waals surface area contributed by atoms with Crippen molar-refractivity contribution >= 4 is 34.6 Å². The van der Waals surface area contributed by atoms with Gasteiger partial charge in [-0.2, -0.15) is 0 Å². The van der Waals surface area contributed by atoms with Gasteiger partial charge < -0.3 is 48.1 Å². The van der Waals surface area contributed by atoms with E-state index in [9.17, 15) is 34.9 Å². The molecule has 360 valence electrons. The number of ether oxygens (including phenoxy) is 7. The van der Waals surface area contributed by atoms with Gasteiger partial charge in [0.1, 0.15) is 29.8 Å². The van der Waals surface area contributed by atoms with E-state index < -0.39 is 39.7 Å². The average molecular weight is 965 g/mol. The van der Waals surface area contributed by atoms with E-state index in [1.54, 1.807) is 14.2 Å². The predicted octanol–water partition coefficient (Wildman–Crippen LogP) is 7.47. The van der Waals surface area contributed by atoms with Gasteiger partial charge in [-0.1, -0.05) is 30.4 Å². The van der Waals surface area contributed by atoms with Crippen LogP contribution in [0.1, 0.15) is 35.1 Å². The van der Waals surface area contributed by atoms with Gasteiger partial charge >= 0.3 is 11.6 Å². The Bertz CT molecular complexity index is 2790. The zero-order chi connectivity index (χ0) is 48.5. The van der Waals surface area contributed by atoms with Crippen LogP contribution >= 0.6 is 11.6 Å². The molecule has 2 saturated heterocycles. The standard InChI is InChI=1S/C25H24N2O7.C18H21NO3.C7H4ClNO4/c1-26-12-11-25-17-8-10-20(33-24(28)32-16-6-4-15(5-7-16)27(29)30)23(25)34-22-19(31-2)9-3-14(21(22)25)13-18(17)26;1-19-8-7-18-11-4-5-13(20)17(18)22-16-14(21-2)6-3-10(15(16)18)9-12(11)19;8-7(10)13-6-3-1-5(2-4-6)9(11)12/h3-10,17-18,20,23H,11-13H2,1-2H3;3-6,11-13,17,20H,7-9H2,1-2H3;1-4H/t17-,18+,20-,23-,25-;11-,12+,13-,17-,18-;/m00./s1. The molecule has 0 unspecified atom stereocenters. The highest BCUT2D eigenvalue weighted by Crippen LogP contribution is 2.64. The topological polar surface area (TPSA) is 212 Å². The van der Waals surface area contributed by atoms with Crippen molar-refractivity contribution in [2.75, 3.05) is 41.4 Å². The van der Waals surface area contributed by atoms with E-state index in [4.69, 9.17) is 40.0 Å². The summed E-state index contributed by atoms with van der Waals surface area (Å²) >= 11 is 4.92. The minimum absolute atomic E-state index is 0.0747. The Morgan fingerprint density at radius 3 is 1.62 bits per heavy atom. The van der Waals surface area contributed by atoms with Gasteiger partial charge in [0.15, 0.2) is 29.1 Å². The Balaban J connectivity index is 0.000000135. The quantitative estimate of drug-likeness (QED) is 0.0475. The largest absolute Gasteiger partial charge is 0.514 e. The number of carbonyl (C=O) groups is 2. The Labute approximate surface area is 401 Å². The number of halogens is 1. The van der Waals surface area contributed by atoms with Crippen LogP contribution in [0.3, 0.4) is 0 Å². The SMILES string of the molecule is COc1ccc2c3c1O[C@H]1[C@@H](O)C=C[C@H]4[C@@H](C2)N(C)CC[C@@]341.COc1ccc2c3c1O[C@H]1[C@@H](OC(=O)Oc4ccc([N+](=O)[O-])cc4)C=C[C@H]4[C@@H](C2)N(C)CC[C@@]341.O=C(Cl)Oc1ccc([N+](=O)[O-])cc1. The third kappa shape index (κ3) is 7.51. The summed E-state index contributed by atoms with van der Waals surface area (Å²) in [5.41, 5.74) is 3.61. The Hall–Kier alpha value is -6.73. The molecule has 18 nitrogen and oxygen atoms in total. The molecule has 19 heteroatoms. The number of piperidine rings is 2. The molecule has 0 aromatic heterocycles. The number of nitro groups is 2. The summed E-state index contributed by atoms with van der Waals surface area (Å²) < 4.78 is 39.5. The molecule has 0 amide bonds. The number of aliphatic hydroxyl groups is 1. The summed E-state index contributed by atoms with van der Waals surface area (Å²) in [6.45, 7) is 1.97. The minimum atomic E-state index is -0.978. The number of nitro benzene ring substituents is 2. The van der Waals surface area contributed by atoms with Crippen molar-refractivity contribution in [1.82, 2.24) is 9.80 Å². The molecule has 0 radical (unpaired) electrons. The lowest BCUT2D eigenvalue weighted by Gasteiger charge is -2.56. The van der Waals surface area contributed by atoms with Crippen molar-refractivity contribution in [3.8, 4) is 34.5 Å². The van der Waals surface area contributed by atoms with Gasteiger partial charge in [0.05, 0.1) is 24.1 Å². The van der Waals surface area contributed by atoms with Gasteiger partial charge in [-0.15, -0.1) is 0 Å². The highest BCUT2D eigenvalue weighted by Gasteiger charge is 2.66.